The third-order valence-electron chi connectivity index (χ3n) is 4.98. The van der Waals surface area contributed by atoms with E-state index in [1.165, 1.54) is 16.9 Å². The predicted molar refractivity (Wildman–Crippen MR) is 82.6 cm³/mol. The average Bonchev–Trinajstić information content (AvgIpc) is 2.79. The molecule has 3 atom stereocenters. The van der Waals surface area contributed by atoms with Crippen LogP contribution in [0.1, 0.15) is 25.3 Å². The molecule has 0 saturated carbocycles. The van der Waals surface area contributed by atoms with Crippen molar-refractivity contribution in [2.24, 2.45) is 5.92 Å². The van der Waals surface area contributed by atoms with Gasteiger partial charge in [0.2, 0.25) is 0 Å². The molecule has 0 N–H and O–H groups in total. The maximum atomic E-state index is 4.64. The van der Waals surface area contributed by atoms with Gasteiger partial charge in [-0.05, 0) is 29.7 Å². The van der Waals surface area contributed by atoms with E-state index in [0.29, 0.717) is 18.0 Å². The maximum Gasteiger partial charge on any atom is 0.158 e. The smallest absolute Gasteiger partial charge is 0.158 e. The quantitative estimate of drug-likeness (QED) is 0.723. The van der Waals surface area contributed by atoms with Crippen LogP contribution in [0.5, 0.6) is 0 Å². The highest BCUT2D eigenvalue weighted by molar-refractivity contribution is 5.83. The second kappa shape index (κ2) is 3.98. The second-order valence-electron chi connectivity index (χ2n) is 5.95. The second-order valence-corrected chi connectivity index (χ2v) is 5.95. The minimum atomic E-state index is 0.366. The lowest BCUT2D eigenvalue weighted by atomic mass is 9.81. The largest absolute Gasteiger partial charge is 0.351 e. The normalized spacial score (nSPS) is 27.1. The molecule has 1 aromatic carbocycles. The van der Waals surface area contributed by atoms with Gasteiger partial charge in [-0.3, -0.25) is 0 Å². The molecule has 2 aliphatic rings. The lowest BCUT2D eigenvalue weighted by Crippen LogP contribution is -2.48. The molecule has 0 amide bonds. The Morgan fingerprint density at radius 3 is 2.60 bits per heavy atom. The van der Waals surface area contributed by atoms with Gasteiger partial charge in [-0.1, -0.05) is 32.0 Å². The third kappa shape index (κ3) is 1.33. The number of nitrogens with zero attached hydrogens (tertiary/aromatic N) is 3. The van der Waals surface area contributed by atoms with Crippen molar-refractivity contribution in [1.82, 2.24) is 4.98 Å². The number of benzene rings is 1. The van der Waals surface area contributed by atoms with E-state index in [2.05, 4.69) is 66.0 Å². The molecule has 2 aromatic rings. The van der Waals surface area contributed by atoms with E-state index in [4.69, 9.17) is 0 Å². The van der Waals surface area contributed by atoms with Crippen LogP contribution >= 0.6 is 0 Å². The zero-order chi connectivity index (χ0) is 13.9. The molecule has 1 aromatic heterocycles. The van der Waals surface area contributed by atoms with Crippen LogP contribution in [-0.4, -0.2) is 18.2 Å². The monoisotopic (exact) mass is 265 g/mol. The molecular formula is C17H19N3. The zero-order valence-corrected chi connectivity index (χ0v) is 12.1. The standard InChI is InChI=1S/C17H19N3/c1-11-12(2)17-19(3)15-9-6-10-18-16(15)20(17)14-8-5-4-7-13(11)14/h4-12,17H,1-3H3/t11?,12?,17-/m1/s1. The van der Waals surface area contributed by atoms with Gasteiger partial charge in [0.15, 0.2) is 5.82 Å². The van der Waals surface area contributed by atoms with Crippen LogP contribution in [0, 0.1) is 5.92 Å². The lowest BCUT2D eigenvalue weighted by molar-refractivity contribution is 0.379. The van der Waals surface area contributed by atoms with Crippen LogP contribution in [0.2, 0.25) is 0 Å². The summed E-state index contributed by atoms with van der Waals surface area (Å²) in [5, 5.41) is 0. The number of hydrogen-bond donors (Lipinski definition) is 0. The minimum Gasteiger partial charge on any atom is -0.351 e. The molecule has 4 rings (SSSR count). The van der Waals surface area contributed by atoms with E-state index < -0.39 is 0 Å². The van der Waals surface area contributed by atoms with Crippen LogP contribution in [-0.2, 0) is 0 Å². The highest BCUT2D eigenvalue weighted by Gasteiger charge is 2.45. The summed E-state index contributed by atoms with van der Waals surface area (Å²) >= 11 is 0. The van der Waals surface area contributed by atoms with Gasteiger partial charge >= 0.3 is 0 Å². The topological polar surface area (TPSA) is 19.4 Å². The molecule has 3 heterocycles. The molecule has 0 radical (unpaired) electrons. The molecule has 102 valence electrons. The van der Waals surface area contributed by atoms with Gasteiger partial charge in [0.25, 0.3) is 0 Å². The first-order valence-electron chi connectivity index (χ1n) is 7.26. The SMILES string of the molecule is CC1c2ccccc2N2c3ncccc3N(C)[C@H]2C1C. The number of para-hydroxylation sites is 1. The molecule has 2 aliphatic heterocycles. The number of pyridine rings is 1. The summed E-state index contributed by atoms with van der Waals surface area (Å²) in [5.41, 5.74) is 3.98. The Balaban J connectivity index is 1.98. The Hall–Kier alpha value is -2.03. The van der Waals surface area contributed by atoms with Gasteiger partial charge in [-0.15, -0.1) is 0 Å². The number of anilines is 3. The molecule has 2 unspecified atom stereocenters. The fourth-order valence-corrected chi connectivity index (χ4v) is 3.77. The Labute approximate surface area is 119 Å². The molecule has 0 saturated heterocycles. The van der Waals surface area contributed by atoms with Gasteiger partial charge in [0.05, 0.1) is 5.69 Å². The van der Waals surface area contributed by atoms with Crippen molar-refractivity contribution in [2.75, 3.05) is 16.8 Å². The first-order chi connectivity index (χ1) is 9.70. The van der Waals surface area contributed by atoms with Crippen molar-refractivity contribution in [2.45, 2.75) is 25.9 Å². The summed E-state index contributed by atoms with van der Waals surface area (Å²) < 4.78 is 0. The average molecular weight is 265 g/mol. The van der Waals surface area contributed by atoms with Crippen LogP contribution in [0.4, 0.5) is 17.2 Å². The Bertz CT molecular complexity index is 667. The zero-order valence-electron chi connectivity index (χ0n) is 12.1. The maximum absolute atomic E-state index is 4.64. The Morgan fingerprint density at radius 1 is 1.00 bits per heavy atom. The summed E-state index contributed by atoms with van der Waals surface area (Å²) in [6.07, 6.45) is 2.25. The fourth-order valence-electron chi connectivity index (χ4n) is 3.77. The number of aromatic nitrogens is 1. The van der Waals surface area contributed by atoms with Gasteiger partial charge < -0.3 is 9.80 Å². The molecular weight excluding hydrogens is 246 g/mol. The summed E-state index contributed by atoms with van der Waals surface area (Å²) in [6.45, 7) is 4.69. The molecule has 0 fully saturated rings. The van der Waals surface area contributed by atoms with Crippen LogP contribution < -0.4 is 9.80 Å². The van der Waals surface area contributed by atoms with Gasteiger partial charge in [0, 0.05) is 24.8 Å². The molecule has 0 spiro atoms. The fraction of sp³-hybridized carbons (Fsp3) is 0.353. The van der Waals surface area contributed by atoms with Crippen LogP contribution in [0.3, 0.4) is 0 Å². The van der Waals surface area contributed by atoms with Gasteiger partial charge in [0.1, 0.15) is 6.17 Å². The highest BCUT2D eigenvalue weighted by Crippen LogP contribution is 2.51. The van der Waals surface area contributed by atoms with E-state index in [1.807, 2.05) is 12.3 Å². The van der Waals surface area contributed by atoms with Gasteiger partial charge in [-0.25, -0.2) is 4.98 Å². The van der Waals surface area contributed by atoms with Gasteiger partial charge in [-0.2, -0.15) is 0 Å². The molecule has 20 heavy (non-hydrogen) atoms. The summed E-state index contributed by atoms with van der Waals surface area (Å²) in [7, 11) is 2.18. The molecule has 3 nitrogen and oxygen atoms in total. The summed E-state index contributed by atoms with van der Waals surface area (Å²) in [4.78, 5) is 9.42. The Morgan fingerprint density at radius 2 is 1.75 bits per heavy atom. The van der Waals surface area contributed by atoms with E-state index in [0.717, 1.165) is 5.82 Å². The lowest BCUT2D eigenvalue weighted by Gasteiger charge is -2.43. The van der Waals surface area contributed by atoms with E-state index in [1.54, 1.807) is 0 Å². The number of rotatable bonds is 0. The van der Waals surface area contributed by atoms with E-state index in [-0.39, 0.29) is 0 Å². The predicted octanol–water partition coefficient (Wildman–Crippen LogP) is 3.75. The molecule has 0 aliphatic carbocycles. The van der Waals surface area contributed by atoms with Crippen molar-refractivity contribution < 1.29 is 0 Å². The molecule has 3 heteroatoms. The number of fused-ring (bicyclic) bond motifs is 5. The first kappa shape index (κ1) is 11.8. The third-order valence-corrected chi connectivity index (χ3v) is 4.98. The van der Waals surface area contributed by atoms with Crippen LogP contribution in [0.25, 0.3) is 0 Å². The van der Waals surface area contributed by atoms with Crippen molar-refractivity contribution in [1.29, 1.82) is 0 Å². The van der Waals surface area contributed by atoms with Crippen molar-refractivity contribution in [3.05, 3.63) is 48.2 Å². The minimum absolute atomic E-state index is 0.366. The molecule has 0 bridgehead atoms. The van der Waals surface area contributed by atoms with Crippen molar-refractivity contribution >= 4 is 17.2 Å². The van der Waals surface area contributed by atoms with Crippen molar-refractivity contribution in [3.63, 3.8) is 0 Å². The summed E-state index contributed by atoms with van der Waals surface area (Å²) in [6, 6.07) is 12.9. The first-order valence-corrected chi connectivity index (χ1v) is 7.26. The Kier molecular flexibility index (Phi) is 2.34. The highest BCUT2D eigenvalue weighted by atomic mass is 15.4. The number of hydrogen-bond acceptors (Lipinski definition) is 3. The van der Waals surface area contributed by atoms with Crippen molar-refractivity contribution in [3.8, 4) is 0 Å². The summed E-state index contributed by atoms with van der Waals surface area (Å²) in [5.74, 6) is 2.21. The van der Waals surface area contributed by atoms with E-state index >= 15 is 0 Å². The van der Waals surface area contributed by atoms with E-state index in [9.17, 15) is 0 Å². The van der Waals surface area contributed by atoms with Crippen LogP contribution in [0.15, 0.2) is 42.6 Å².